The summed E-state index contributed by atoms with van der Waals surface area (Å²) in [7, 11) is 0. The first kappa shape index (κ1) is 22.6. The Morgan fingerprint density at radius 3 is 2.70 bits per heavy atom. The predicted octanol–water partition coefficient (Wildman–Crippen LogP) is 3.82. The fourth-order valence-electron chi connectivity index (χ4n) is 3.45. The lowest BCUT2D eigenvalue weighted by Crippen LogP contribution is -2.35. The Labute approximate surface area is 181 Å². The fraction of sp³-hybridized carbons (Fsp3) is 0.478. The number of aryl methyl sites for hydroxylation is 1. The van der Waals surface area contributed by atoms with Crippen molar-refractivity contribution < 1.29 is 9.84 Å². The minimum Gasteiger partial charge on any atom is -0.389 e. The molecular formula is C23H31N3O3S. The minimum absolute atomic E-state index is 0.119. The van der Waals surface area contributed by atoms with Crippen molar-refractivity contribution in [2.24, 2.45) is 5.92 Å². The second-order valence-corrected chi connectivity index (χ2v) is 8.93. The summed E-state index contributed by atoms with van der Waals surface area (Å²) >= 11 is 1.49. The van der Waals surface area contributed by atoms with Crippen LogP contribution in [-0.2, 0) is 11.3 Å². The lowest BCUT2D eigenvalue weighted by molar-refractivity contribution is 0.00738. The molecule has 2 N–H and O–H groups in total. The number of benzene rings is 1. The van der Waals surface area contributed by atoms with Gasteiger partial charge < -0.3 is 14.8 Å². The van der Waals surface area contributed by atoms with Crippen molar-refractivity contribution in [3.63, 3.8) is 0 Å². The quantitative estimate of drug-likeness (QED) is 0.512. The molecule has 1 unspecified atom stereocenters. The van der Waals surface area contributed by atoms with Crippen LogP contribution in [0, 0.1) is 12.8 Å². The summed E-state index contributed by atoms with van der Waals surface area (Å²) < 4.78 is 5.54. The molecule has 7 heteroatoms. The number of aromatic amines is 1. The molecule has 0 saturated carbocycles. The molecule has 0 aliphatic carbocycles. The van der Waals surface area contributed by atoms with Crippen LogP contribution in [0.15, 0.2) is 34.4 Å². The molecule has 1 atom stereocenters. The largest absolute Gasteiger partial charge is 0.389 e. The summed E-state index contributed by atoms with van der Waals surface area (Å²) in [4.78, 5) is 23.3. The number of aliphatic hydroxyl groups is 1. The minimum atomic E-state index is -0.575. The first-order valence-corrected chi connectivity index (χ1v) is 11.3. The van der Waals surface area contributed by atoms with E-state index in [1.807, 2.05) is 43.5 Å². The second kappa shape index (κ2) is 10.3. The van der Waals surface area contributed by atoms with Crippen molar-refractivity contribution >= 4 is 21.6 Å². The van der Waals surface area contributed by atoms with Crippen molar-refractivity contribution in [2.45, 2.75) is 40.3 Å². The number of likely N-dealkylation sites (N-methyl/N-ethyl adjacent to an activating group) is 1. The zero-order chi connectivity index (χ0) is 21.7. The van der Waals surface area contributed by atoms with E-state index < -0.39 is 6.10 Å². The smallest absolute Gasteiger partial charge is 0.260 e. The van der Waals surface area contributed by atoms with Gasteiger partial charge in [-0.25, -0.2) is 4.98 Å². The van der Waals surface area contributed by atoms with Crippen LogP contribution >= 0.6 is 11.3 Å². The van der Waals surface area contributed by atoms with Gasteiger partial charge in [0, 0.05) is 24.1 Å². The Morgan fingerprint density at radius 1 is 1.23 bits per heavy atom. The van der Waals surface area contributed by atoms with Gasteiger partial charge in [-0.2, -0.15) is 0 Å². The Kier molecular flexibility index (Phi) is 7.77. The average Bonchev–Trinajstić information content (AvgIpc) is 3.12. The Balaban J connectivity index is 1.75. The highest BCUT2D eigenvalue weighted by Crippen LogP contribution is 2.32. The Hall–Kier alpha value is -2.06. The number of aromatic nitrogens is 2. The number of hydrogen-bond donors (Lipinski definition) is 2. The highest BCUT2D eigenvalue weighted by atomic mass is 32.1. The third kappa shape index (κ3) is 5.55. The van der Waals surface area contributed by atoms with Crippen LogP contribution in [0.2, 0.25) is 0 Å². The van der Waals surface area contributed by atoms with E-state index in [9.17, 15) is 9.90 Å². The summed E-state index contributed by atoms with van der Waals surface area (Å²) in [5.41, 5.74) is 3.00. The maximum Gasteiger partial charge on any atom is 0.260 e. The van der Waals surface area contributed by atoms with Crippen molar-refractivity contribution in [1.29, 1.82) is 0 Å². The van der Waals surface area contributed by atoms with Gasteiger partial charge in [-0.1, -0.05) is 45.0 Å². The number of hydrogen-bond acceptors (Lipinski definition) is 6. The van der Waals surface area contributed by atoms with Crippen LogP contribution in [0.3, 0.4) is 0 Å². The molecular weight excluding hydrogens is 398 g/mol. The number of H-pyrrole nitrogens is 1. The molecule has 0 radical (unpaired) electrons. The van der Waals surface area contributed by atoms with Gasteiger partial charge in [0.15, 0.2) is 0 Å². The third-order valence-corrected chi connectivity index (χ3v) is 5.85. The Bertz CT molecular complexity index is 1030. The molecule has 3 rings (SSSR count). The van der Waals surface area contributed by atoms with Gasteiger partial charge in [0.1, 0.15) is 10.7 Å². The van der Waals surface area contributed by atoms with E-state index >= 15 is 0 Å². The number of aliphatic hydroxyl groups excluding tert-OH is 1. The number of nitrogens with one attached hydrogen (secondary N) is 1. The van der Waals surface area contributed by atoms with Crippen LogP contribution in [0.4, 0.5) is 0 Å². The number of ether oxygens (including phenoxy) is 1. The van der Waals surface area contributed by atoms with Gasteiger partial charge in [0.2, 0.25) is 0 Å². The van der Waals surface area contributed by atoms with Crippen LogP contribution in [0.5, 0.6) is 0 Å². The highest BCUT2D eigenvalue weighted by molar-refractivity contribution is 7.17. The van der Waals surface area contributed by atoms with Gasteiger partial charge in [0.25, 0.3) is 5.56 Å². The van der Waals surface area contributed by atoms with Crippen molar-refractivity contribution in [3.05, 3.63) is 51.4 Å². The van der Waals surface area contributed by atoms with Crippen LogP contribution < -0.4 is 5.56 Å². The molecule has 0 aliphatic heterocycles. The molecule has 30 heavy (non-hydrogen) atoms. The zero-order valence-corrected chi connectivity index (χ0v) is 19.0. The summed E-state index contributed by atoms with van der Waals surface area (Å²) in [5, 5.41) is 12.9. The summed E-state index contributed by atoms with van der Waals surface area (Å²) in [6, 6.07) is 8.06. The van der Waals surface area contributed by atoms with Gasteiger partial charge in [-0.05, 0) is 30.5 Å². The molecule has 0 amide bonds. The maximum absolute atomic E-state index is 12.9. The molecule has 1 aromatic carbocycles. The number of thiophene rings is 1. The standard InChI is InChI=1S/C23H31N3O3S/c1-5-26(10-17(27)13-29-12-15(2)3)11-20-24-22(28)21-19(14-30-23(21)25-20)18-9-7-6-8-16(18)4/h6-9,14-15,17,27H,5,10-13H2,1-4H3,(H,24,25,28). The predicted molar refractivity (Wildman–Crippen MR) is 123 cm³/mol. The molecule has 0 spiro atoms. The Morgan fingerprint density at radius 2 is 2.00 bits per heavy atom. The van der Waals surface area contributed by atoms with E-state index in [0.717, 1.165) is 28.1 Å². The van der Waals surface area contributed by atoms with E-state index in [2.05, 4.69) is 23.7 Å². The molecule has 3 aromatic rings. The van der Waals surface area contributed by atoms with E-state index in [-0.39, 0.29) is 5.56 Å². The highest BCUT2D eigenvalue weighted by Gasteiger charge is 2.17. The molecule has 2 aromatic heterocycles. The van der Waals surface area contributed by atoms with Gasteiger partial charge in [0.05, 0.1) is 24.6 Å². The summed E-state index contributed by atoms with van der Waals surface area (Å²) in [6.07, 6.45) is -0.575. The van der Waals surface area contributed by atoms with Gasteiger partial charge in [-0.3, -0.25) is 9.69 Å². The molecule has 0 aliphatic rings. The van der Waals surface area contributed by atoms with E-state index in [0.29, 0.717) is 43.4 Å². The summed E-state index contributed by atoms with van der Waals surface area (Å²) in [6.45, 7) is 10.9. The van der Waals surface area contributed by atoms with Crippen LogP contribution in [0.1, 0.15) is 32.2 Å². The monoisotopic (exact) mass is 429 g/mol. The third-order valence-electron chi connectivity index (χ3n) is 4.98. The number of fused-ring (bicyclic) bond motifs is 1. The molecule has 6 nitrogen and oxygen atoms in total. The first-order chi connectivity index (χ1) is 14.4. The maximum atomic E-state index is 12.9. The number of rotatable bonds is 10. The van der Waals surface area contributed by atoms with Gasteiger partial charge in [-0.15, -0.1) is 11.3 Å². The zero-order valence-electron chi connectivity index (χ0n) is 18.1. The SMILES string of the molecule is CCN(Cc1nc2scc(-c3ccccc3C)c2c(=O)[nH]1)CC(O)COCC(C)C. The second-order valence-electron chi connectivity index (χ2n) is 8.07. The van der Waals surface area contributed by atoms with Crippen LogP contribution in [0.25, 0.3) is 21.3 Å². The molecule has 0 fully saturated rings. The van der Waals surface area contributed by atoms with Crippen molar-refractivity contribution in [3.8, 4) is 11.1 Å². The normalized spacial score (nSPS) is 12.9. The molecule has 0 bridgehead atoms. The summed E-state index contributed by atoms with van der Waals surface area (Å²) in [5.74, 6) is 1.05. The van der Waals surface area contributed by atoms with Crippen molar-refractivity contribution in [2.75, 3.05) is 26.3 Å². The van der Waals surface area contributed by atoms with E-state index in [4.69, 9.17) is 9.72 Å². The van der Waals surface area contributed by atoms with Crippen LogP contribution in [-0.4, -0.2) is 52.4 Å². The first-order valence-electron chi connectivity index (χ1n) is 10.4. The lowest BCUT2D eigenvalue weighted by Gasteiger charge is -2.23. The number of nitrogens with zero attached hydrogens (tertiary/aromatic N) is 2. The van der Waals surface area contributed by atoms with Crippen molar-refractivity contribution in [1.82, 2.24) is 14.9 Å². The van der Waals surface area contributed by atoms with E-state index in [1.165, 1.54) is 11.3 Å². The lowest BCUT2D eigenvalue weighted by atomic mass is 10.0. The van der Waals surface area contributed by atoms with Gasteiger partial charge >= 0.3 is 0 Å². The fourth-order valence-corrected chi connectivity index (χ4v) is 4.41. The molecule has 0 saturated heterocycles. The molecule has 162 valence electrons. The van der Waals surface area contributed by atoms with E-state index in [1.54, 1.807) is 0 Å². The topological polar surface area (TPSA) is 78.5 Å². The molecule has 2 heterocycles. The average molecular weight is 430 g/mol.